The van der Waals surface area contributed by atoms with Gasteiger partial charge >= 0.3 is 0 Å². The standard InChI is InChI=1S/C11H11F2N3O2/c12-8-3-7(4-9(13)5-8)11-15-10(18-16-11)6-17-2-1-14/h3-5H,1-2,6,14H2. The first kappa shape index (κ1) is 12.6. The van der Waals surface area contributed by atoms with E-state index in [2.05, 4.69) is 10.1 Å². The molecule has 0 aliphatic heterocycles. The molecule has 0 aliphatic carbocycles. The number of ether oxygens (including phenoxy) is 1. The van der Waals surface area contributed by atoms with E-state index in [9.17, 15) is 8.78 Å². The molecule has 0 fully saturated rings. The quantitative estimate of drug-likeness (QED) is 0.819. The van der Waals surface area contributed by atoms with Gasteiger partial charge in [0.05, 0.1) is 6.61 Å². The van der Waals surface area contributed by atoms with Crippen LogP contribution in [0.1, 0.15) is 5.89 Å². The normalized spacial score (nSPS) is 10.8. The van der Waals surface area contributed by atoms with E-state index in [1.54, 1.807) is 0 Å². The summed E-state index contributed by atoms with van der Waals surface area (Å²) in [4.78, 5) is 3.96. The van der Waals surface area contributed by atoms with Crippen LogP contribution in [0, 0.1) is 11.6 Å². The molecule has 1 heterocycles. The Hall–Kier alpha value is -1.86. The molecule has 0 radical (unpaired) electrons. The molecular formula is C11H11F2N3O2. The molecule has 1 aromatic carbocycles. The molecule has 18 heavy (non-hydrogen) atoms. The smallest absolute Gasteiger partial charge is 0.252 e. The summed E-state index contributed by atoms with van der Waals surface area (Å²) in [7, 11) is 0. The van der Waals surface area contributed by atoms with Crippen LogP contribution in [0.2, 0.25) is 0 Å². The summed E-state index contributed by atoms with van der Waals surface area (Å²) in [5.41, 5.74) is 5.46. The summed E-state index contributed by atoms with van der Waals surface area (Å²) in [6.07, 6.45) is 0. The van der Waals surface area contributed by atoms with Gasteiger partial charge in [-0.1, -0.05) is 5.16 Å². The van der Waals surface area contributed by atoms with Gasteiger partial charge in [-0.25, -0.2) is 8.78 Å². The first-order valence-electron chi connectivity index (χ1n) is 5.26. The first-order valence-corrected chi connectivity index (χ1v) is 5.26. The van der Waals surface area contributed by atoms with E-state index in [-0.39, 0.29) is 23.9 Å². The average Bonchev–Trinajstić information content (AvgIpc) is 2.77. The van der Waals surface area contributed by atoms with Crippen molar-refractivity contribution in [3.05, 3.63) is 35.7 Å². The molecule has 96 valence electrons. The third kappa shape index (κ3) is 3.08. The molecule has 0 unspecified atom stereocenters. The molecule has 0 amide bonds. The molecule has 0 saturated carbocycles. The van der Waals surface area contributed by atoms with Crippen molar-refractivity contribution in [2.45, 2.75) is 6.61 Å². The van der Waals surface area contributed by atoms with Crippen LogP contribution in [0.5, 0.6) is 0 Å². The van der Waals surface area contributed by atoms with Crippen LogP contribution >= 0.6 is 0 Å². The van der Waals surface area contributed by atoms with Gasteiger partial charge in [0, 0.05) is 18.2 Å². The van der Waals surface area contributed by atoms with Crippen LogP contribution in [0.25, 0.3) is 11.4 Å². The number of aromatic nitrogens is 2. The van der Waals surface area contributed by atoms with Gasteiger partial charge < -0.3 is 15.0 Å². The number of nitrogens with two attached hydrogens (primary N) is 1. The molecule has 0 spiro atoms. The van der Waals surface area contributed by atoms with Gasteiger partial charge in [0.1, 0.15) is 18.2 Å². The number of nitrogens with zero attached hydrogens (tertiary/aromatic N) is 2. The van der Waals surface area contributed by atoms with Crippen LogP contribution in [-0.2, 0) is 11.3 Å². The van der Waals surface area contributed by atoms with Gasteiger partial charge in [-0.2, -0.15) is 4.98 Å². The molecule has 0 aliphatic rings. The number of halogens is 2. The number of hydrogen-bond donors (Lipinski definition) is 1. The minimum Gasteiger partial charge on any atom is -0.370 e. The Labute approximate surface area is 102 Å². The largest absolute Gasteiger partial charge is 0.370 e. The van der Waals surface area contributed by atoms with Crippen molar-refractivity contribution in [1.82, 2.24) is 10.1 Å². The minimum atomic E-state index is -0.698. The highest BCUT2D eigenvalue weighted by Gasteiger charge is 2.10. The molecule has 0 atom stereocenters. The molecular weight excluding hydrogens is 244 g/mol. The van der Waals surface area contributed by atoms with Crippen molar-refractivity contribution in [1.29, 1.82) is 0 Å². The van der Waals surface area contributed by atoms with Crippen molar-refractivity contribution in [3.63, 3.8) is 0 Å². The van der Waals surface area contributed by atoms with E-state index in [0.717, 1.165) is 18.2 Å². The molecule has 2 aromatic rings. The van der Waals surface area contributed by atoms with E-state index >= 15 is 0 Å². The third-order valence-corrected chi connectivity index (χ3v) is 2.08. The van der Waals surface area contributed by atoms with E-state index in [4.69, 9.17) is 15.0 Å². The summed E-state index contributed by atoms with van der Waals surface area (Å²) in [6, 6.07) is 3.02. The second kappa shape index (κ2) is 5.65. The van der Waals surface area contributed by atoms with Crippen molar-refractivity contribution in [3.8, 4) is 11.4 Å². The highest BCUT2D eigenvalue weighted by molar-refractivity contribution is 5.54. The summed E-state index contributed by atoms with van der Waals surface area (Å²) < 4.78 is 36.0. The zero-order chi connectivity index (χ0) is 13.0. The van der Waals surface area contributed by atoms with Crippen LogP contribution in [0.15, 0.2) is 22.7 Å². The van der Waals surface area contributed by atoms with Crippen molar-refractivity contribution < 1.29 is 18.0 Å². The highest BCUT2D eigenvalue weighted by Crippen LogP contribution is 2.18. The van der Waals surface area contributed by atoms with Crippen LogP contribution in [0.3, 0.4) is 0 Å². The van der Waals surface area contributed by atoms with Gasteiger partial charge in [-0.15, -0.1) is 0 Å². The highest BCUT2D eigenvalue weighted by atomic mass is 19.1. The third-order valence-electron chi connectivity index (χ3n) is 2.08. The van der Waals surface area contributed by atoms with Crippen molar-refractivity contribution in [2.24, 2.45) is 5.73 Å². The van der Waals surface area contributed by atoms with E-state index < -0.39 is 11.6 Å². The van der Waals surface area contributed by atoms with Gasteiger partial charge in [0.25, 0.3) is 5.89 Å². The Bertz CT molecular complexity index is 511. The SMILES string of the molecule is NCCOCc1nc(-c2cc(F)cc(F)c2)no1. The Kier molecular flexibility index (Phi) is 3.96. The summed E-state index contributed by atoms with van der Waals surface area (Å²) in [5.74, 6) is -1.06. The second-order valence-electron chi connectivity index (χ2n) is 3.51. The lowest BCUT2D eigenvalue weighted by Gasteiger charge is -1.96. The maximum Gasteiger partial charge on any atom is 0.252 e. The predicted octanol–water partition coefficient (Wildman–Crippen LogP) is 1.49. The lowest BCUT2D eigenvalue weighted by atomic mass is 10.2. The molecule has 0 saturated heterocycles. The summed E-state index contributed by atoms with van der Waals surface area (Å²) >= 11 is 0. The number of rotatable bonds is 5. The van der Waals surface area contributed by atoms with E-state index in [1.807, 2.05) is 0 Å². The lowest BCUT2D eigenvalue weighted by molar-refractivity contribution is 0.104. The maximum atomic E-state index is 13.0. The molecule has 0 bridgehead atoms. The molecule has 1 aromatic heterocycles. The fourth-order valence-electron chi connectivity index (χ4n) is 1.36. The van der Waals surface area contributed by atoms with E-state index in [1.165, 1.54) is 0 Å². The Balaban J connectivity index is 2.13. The van der Waals surface area contributed by atoms with Crippen molar-refractivity contribution >= 4 is 0 Å². The Morgan fingerprint density at radius 2 is 1.94 bits per heavy atom. The predicted molar refractivity (Wildman–Crippen MR) is 58.4 cm³/mol. The van der Waals surface area contributed by atoms with Gasteiger partial charge in [-0.05, 0) is 12.1 Å². The van der Waals surface area contributed by atoms with Gasteiger partial charge in [-0.3, -0.25) is 0 Å². The molecule has 5 nitrogen and oxygen atoms in total. The average molecular weight is 255 g/mol. The van der Waals surface area contributed by atoms with Crippen molar-refractivity contribution in [2.75, 3.05) is 13.2 Å². The lowest BCUT2D eigenvalue weighted by Crippen LogP contribution is -2.08. The molecule has 2 N–H and O–H groups in total. The molecule has 2 rings (SSSR count). The Morgan fingerprint density at radius 1 is 1.22 bits per heavy atom. The van der Waals surface area contributed by atoms with Crippen LogP contribution < -0.4 is 5.73 Å². The molecule has 7 heteroatoms. The van der Waals surface area contributed by atoms with Gasteiger partial charge in [0.15, 0.2) is 0 Å². The van der Waals surface area contributed by atoms with Crippen LogP contribution in [0.4, 0.5) is 8.78 Å². The first-order chi connectivity index (χ1) is 8.69. The van der Waals surface area contributed by atoms with Crippen LogP contribution in [-0.4, -0.2) is 23.3 Å². The Morgan fingerprint density at radius 3 is 2.61 bits per heavy atom. The fraction of sp³-hybridized carbons (Fsp3) is 0.273. The minimum absolute atomic E-state index is 0.111. The number of hydrogen-bond acceptors (Lipinski definition) is 5. The number of benzene rings is 1. The fourth-order valence-corrected chi connectivity index (χ4v) is 1.36. The zero-order valence-electron chi connectivity index (χ0n) is 9.40. The topological polar surface area (TPSA) is 74.2 Å². The van der Waals surface area contributed by atoms with Gasteiger partial charge in [0.2, 0.25) is 5.82 Å². The summed E-state index contributed by atoms with van der Waals surface area (Å²) in [5, 5.41) is 3.62. The van der Waals surface area contributed by atoms with E-state index in [0.29, 0.717) is 13.2 Å². The zero-order valence-corrected chi connectivity index (χ0v) is 9.40. The summed E-state index contributed by atoms with van der Waals surface area (Å²) in [6.45, 7) is 0.865. The maximum absolute atomic E-state index is 13.0. The monoisotopic (exact) mass is 255 g/mol. The second-order valence-corrected chi connectivity index (χ2v) is 3.51.